The van der Waals surface area contributed by atoms with E-state index in [0.29, 0.717) is 12.2 Å². The Labute approximate surface area is 124 Å². The first kappa shape index (κ1) is 16.6. The van der Waals surface area contributed by atoms with Crippen LogP contribution < -0.4 is 5.32 Å². The van der Waals surface area contributed by atoms with E-state index in [2.05, 4.69) is 5.32 Å². The van der Waals surface area contributed by atoms with Gasteiger partial charge < -0.3 is 5.32 Å². The molecule has 0 heterocycles. The molecule has 0 aromatic heterocycles. The number of benzene rings is 1. The summed E-state index contributed by atoms with van der Waals surface area (Å²) in [6.45, 7) is 1.75. The van der Waals surface area contributed by atoms with Gasteiger partial charge in [-0.3, -0.25) is 19.1 Å². The second kappa shape index (κ2) is 7.35. The summed E-state index contributed by atoms with van der Waals surface area (Å²) in [6, 6.07) is 3.59. The second-order valence-electron chi connectivity index (χ2n) is 4.36. The van der Waals surface area contributed by atoms with E-state index >= 15 is 0 Å². The molecular formula is C12H15ClN2O4S. The van der Waals surface area contributed by atoms with Crippen LogP contribution in [-0.4, -0.2) is 33.1 Å². The molecule has 0 aliphatic heterocycles. The lowest BCUT2D eigenvalue weighted by atomic mass is 10.1. The van der Waals surface area contributed by atoms with Gasteiger partial charge in [0.15, 0.2) is 0 Å². The van der Waals surface area contributed by atoms with Crippen molar-refractivity contribution >= 4 is 34.0 Å². The van der Waals surface area contributed by atoms with Gasteiger partial charge in [-0.05, 0) is 25.5 Å². The number of carbonyl (C=O) groups excluding carboxylic acids is 1. The molecule has 0 fully saturated rings. The Morgan fingerprint density at radius 3 is 2.75 bits per heavy atom. The lowest BCUT2D eigenvalue weighted by Gasteiger charge is -2.13. The van der Waals surface area contributed by atoms with E-state index in [0.717, 1.165) is 0 Å². The highest BCUT2D eigenvalue weighted by atomic mass is 35.5. The largest absolute Gasteiger partial charge is 0.349 e. The van der Waals surface area contributed by atoms with Gasteiger partial charge in [0.25, 0.3) is 11.6 Å². The maximum Gasteiger partial charge on any atom is 0.282 e. The zero-order chi connectivity index (χ0) is 15.3. The summed E-state index contributed by atoms with van der Waals surface area (Å²) in [5.74, 6) is -0.104. The van der Waals surface area contributed by atoms with Gasteiger partial charge in [-0.15, -0.1) is 0 Å². The lowest BCUT2D eigenvalue weighted by Crippen LogP contribution is -2.33. The first-order chi connectivity index (χ1) is 9.31. The third kappa shape index (κ3) is 4.90. The Kier molecular flexibility index (Phi) is 6.09. The topological polar surface area (TPSA) is 89.3 Å². The summed E-state index contributed by atoms with van der Waals surface area (Å²) in [4.78, 5) is 22.3. The van der Waals surface area contributed by atoms with Crippen LogP contribution in [0.5, 0.6) is 0 Å². The van der Waals surface area contributed by atoms with Crippen LogP contribution in [0, 0.1) is 10.1 Å². The monoisotopic (exact) mass is 318 g/mol. The number of amides is 1. The molecule has 0 spiro atoms. The fraction of sp³-hybridized carbons (Fsp3) is 0.417. The minimum absolute atomic E-state index is 0.0769. The van der Waals surface area contributed by atoms with Crippen molar-refractivity contribution in [2.75, 3.05) is 12.0 Å². The average molecular weight is 319 g/mol. The van der Waals surface area contributed by atoms with Crippen LogP contribution in [0.1, 0.15) is 23.7 Å². The number of nitro benzene ring substituents is 1. The van der Waals surface area contributed by atoms with Crippen molar-refractivity contribution in [1.29, 1.82) is 0 Å². The molecule has 2 unspecified atom stereocenters. The summed E-state index contributed by atoms with van der Waals surface area (Å²) in [5, 5.41) is 13.8. The van der Waals surface area contributed by atoms with Crippen molar-refractivity contribution in [3.05, 3.63) is 38.9 Å². The number of halogens is 1. The smallest absolute Gasteiger partial charge is 0.282 e. The molecule has 0 saturated carbocycles. The van der Waals surface area contributed by atoms with E-state index < -0.39 is 21.6 Å². The molecule has 110 valence electrons. The van der Waals surface area contributed by atoms with E-state index in [1.165, 1.54) is 18.2 Å². The number of nitrogens with one attached hydrogen (secondary N) is 1. The molecule has 1 aromatic carbocycles. The van der Waals surface area contributed by atoms with Crippen LogP contribution in [0.15, 0.2) is 18.2 Å². The van der Waals surface area contributed by atoms with Crippen molar-refractivity contribution in [2.45, 2.75) is 19.4 Å². The highest BCUT2D eigenvalue weighted by molar-refractivity contribution is 7.84. The zero-order valence-electron chi connectivity index (χ0n) is 11.1. The Morgan fingerprint density at radius 1 is 1.55 bits per heavy atom. The summed E-state index contributed by atoms with van der Waals surface area (Å²) in [7, 11) is -0.941. The number of nitro groups is 1. The number of hydrogen-bond donors (Lipinski definition) is 1. The van der Waals surface area contributed by atoms with E-state index in [4.69, 9.17) is 11.6 Å². The van der Waals surface area contributed by atoms with E-state index in [9.17, 15) is 19.1 Å². The minimum atomic E-state index is -0.941. The Hall–Kier alpha value is -1.47. The number of hydrogen-bond acceptors (Lipinski definition) is 4. The molecule has 1 rings (SSSR count). The van der Waals surface area contributed by atoms with Crippen LogP contribution >= 0.6 is 11.6 Å². The zero-order valence-corrected chi connectivity index (χ0v) is 12.7. The average Bonchev–Trinajstić information content (AvgIpc) is 2.35. The lowest BCUT2D eigenvalue weighted by molar-refractivity contribution is -0.385. The maximum atomic E-state index is 12.0. The molecule has 0 radical (unpaired) electrons. The third-order valence-corrected chi connectivity index (χ3v) is 3.66. The molecule has 1 N–H and O–H groups in total. The second-order valence-corrected chi connectivity index (χ2v) is 6.35. The molecule has 0 aliphatic carbocycles. The van der Waals surface area contributed by atoms with Crippen molar-refractivity contribution < 1.29 is 13.9 Å². The first-order valence-electron chi connectivity index (χ1n) is 5.86. The van der Waals surface area contributed by atoms with Crippen molar-refractivity contribution in [3.8, 4) is 0 Å². The van der Waals surface area contributed by atoms with Gasteiger partial charge in [-0.25, -0.2) is 0 Å². The number of rotatable bonds is 6. The van der Waals surface area contributed by atoms with Crippen LogP contribution in [0.2, 0.25) is 5.02 Å². The van der Waals surface area contributed by atoms with Crippen LogP contribution in [-0.2, 0) is 10.8 Å². The molecular weight excluding hydrogens is 304 g/mol. The Bertz CT molecular complexity index is 550. The Balaban J connectivity index is 2.84. The van der Waals surface area contributed by atoms with Gasteiger partial charge in [0, 0.05) is 39.9 Å². The van der Waals surface area contributed by atoms with Crippen molar-refractivity contribution in [3.63, 3.8) is 0 Å². The molecule has 0 saturated heterocycles. The summed E-state index contributed by atoms with van der Waals surface area (Å²) < 4.78 is 11.0. The van der Waals surface area contributed by atoms with Gasteiger partial charge >= 0.3 is 0 Å². The maximum absolute atomic E-state index is 12.0. The predicted octanol–water partition coefficient (Wildman–Crippen LogP) is 2.14. The third-order valence-electron chi connectivity index (χ3n) is 2.62. The van der Waals surface area contributed by atoms with E-state index in [1.54, 1.807) is 13.2 Å². The van der Waals surface area contributed by atoms with Crippen molar-refractivity contribution in [1.82, 2.24) is 5.32 Å². The van der Waals surface area contributed by atoms with Gasteiger partial charge in [0.1, 0.15) is 5.56 Å². The molecule has 1 aromatic rings. The van der Waals surface area contributed by atoms with Crippen LogP contribution in [0.3, 0.4) is 0 Å². The molecule has 1 amide bonds. The molecule has 0 bridgehead atoms. The highest BCUT2D eigenvalue weighted by Crippen LogP contribution is 2.22. The molecule has 2 atom stereocenters. The predicted molar refractivity (Wildman–Crippen MR) is 78.6 cm³/mol. The summed E-state index contributed by atoms with van der Waals surface area (Å²) in [5.41, 5.74) is -0.370. The molecule has 8 heteroatoms. The van der Waals surface area contributed by atoms with Crippen LogP contribution in [0.25, 0.3) is 0 Å². The Morgan fingerprint density at radius 2 is 2.20 bits per heavy atom. The molecule has 20 heavy (non-hydrogen) atoms. The minimum Gasteiger partial charge on any atom is -0.349 e. The van der Waals surface area contributed by atoms with Gasteiger partial charge in [0.05, 0.1) is 4.92 Å². The first-order valence-corrected chi connectivity index (χ1v) is 7.96. The van der Waals surface area contributed by atoms with Gasteiger partial charge in [-0.2, -0.15) is 0 Å². The fourth-order valence-electron chi connectivity index (χ4n) is 1.57. The van der Waals surface area contributed by atoms with E-state index in [1.807, 2.05) is 0 Å². The normalized spacial score (nSPS) is 13.6. The molecule has 6 nitrogen and oxygen atoms in total. The van der Waals surface area contributed by atoms with Crippen LogP contribution in [0.4, 0.5) is 5.69 Å². The molecule has 0 aliphatic rings. The summed E-state index contributed by atoms with van der Waals surface area (Å²) in [6.07, 6.45) is 2.11. The standard InChI is InChI=1S/C12H15ClN2O4S/c1-8(5-6-20(2)19)14-12(16)10-7-9(13)3-4-11(10)15(17)18/h3-4,7-8H,5-6H2,1-2H3,(H,14,16). The van der Waals surface area contributed by atoms with Crippen molar-refractivity contribution in [2.24, 2.45) is 0 Å². The number of carbonyl (C=O) groups is 1. The SMILES string of the molecule is CC(CCS(C)=O)NC(=O)c1cc(Cl)ccc1[N+](=O)[O-]. The fourth-order valence-corrected chi connectivity index (χ4v) is 2.42. The van der Waals surface area contributed by atoms with Gasteiger partial charge in [0.2, 0.25) is 0 Å². The highest BCUT2D eigenvalue weighted by Gasteiger charge is 2.21. The van der Waals surface area contributed by atoms with Gasteiger partial charge in [-0.1, -0.05) is 11.6 Å². The summed E-state index contributed by atoms with van der Waals surface area (Å²) >= 11 is 5.76. The van der Waals surface area contributed by atoms with E-state index in [-0.39, 0.29) is 22.3 Å². The quantitative estimate of drug-likeness (QED) is 0.642. The number of nitrogens with zero attached hydrogens (tertiary/aromatic N) is 1.